The van der Waals surface area contributed by atoms with E-state index in [9.17, 15) is 18.0 Å². The average Bonchev–Trinajstić information content (AvgIpc) is 2.17. The second-order valence-corrected chi connectivity index (χ2v) is 2.78. The smallest absolute Gasteiger partial charge is 0.417 e. The number of anilines is 1. The number of hydrogen-bond donors (Lipinski definition) is 1. The third-order valence-electron chi connectivity index (χ3n) is 1.60. The zero-order valence-corrected chi connectivity index (χ0v) is 8.34. The number of nitrogens with zero attached hydrogens (tertiary/aromatic N) is 1. The molecule has 1 rings (SSSR count). The van der Waals surface area contributed by atoms with Gasteiger partial charge in [0.15, 0.2) is 0 Å². The van der Waals surface area contributed by atoms with E-state index in [0.29, 0.717) is 6.20 Å². The van der Waals surface area contributed by atoms with E-state index in [-0.39, 0.29) is 12.4 Å². The largest absolute Gasteiger partial charge is 0.450 e. The predicted molar refractivity (Wildman–Crippen MR) is 49.9 cm³/mol. The number of halogens is 3. The number of carbonyl (C=O) groups excluding carboxylic acids is 1. The number of aromatic nitrogens is 1. The summed E-state index contributed by atoms with van der Waals surface area (Å²) in [5, 5.41) is 2.18. The molecule has 0 saturated heterocycles. The van der Waals surface area contributed by atoms with Crippen LogP contribution >= 0.6 is 0 Å². The van der Waals surface area contributed by atoms with Gasteiger partial charge in [-0.3, -0.25) is 5.32 Å². The van der Waals surface area contributed by atoms with Gasteiger partial charge < -0.3 is 4.74 Å². The molecule has 16 heavy (non-hydrogen) atoms. The van der Waals surface area contributed by atoms with Crippen LogP contribution in [0.2, 0.25) is 0 Å². The number of rotatable bonds is 2. The maximum absolute atomic E-state index is 12.2. The zero-order valence-electron chi connectivity index (χ0n) is 8.34. The first-order valence-corrected chi connectivity index (χ1v) is 4.40. The summed E-state index contributed by atoms with van der Waals surface area (Å²) in [6, 6.07) is 1.88. The topological polar surface area (TPSA) is 51.2 Å². The molecular weight excluding hydrogens is 225 g/mol. The summed E-state index contributed by atoms with van der Waals surface area (Å²) in [4.78, 5) is 14.3. The molecule has 1 amide bonds. The fraction of sp³-hybridized carbons (Fsp3) is 0.333. The normalized spacial score (nSPS) is 11.0. The van der Waals surface area contributed by atoms with Gasteiger partial charge in [0.05, 0.1) is 12.2 Å². The van der Waals surface area contributed by atoms with Gasteiger partial charge in [0, 0.05) is 6.20 Å². The van der Waals surface area contributed by atoms with Crippen molar-refractivity contribution < 1.29 is 22.7 Å². The highest BCUT2D eigenvalue weighted by Gasteiger charge is 2.30. The van der Waals surface area contributed by atoms with Crippen molar-refractivity contribution in [3.63, 3.8) is 0 Å². The molecule has 0 aliphatic carbocycles. The monoisotopic (exact) mass is 234 g/mol. The SMILES string of the molecule is CCOC(=O)Nc1ccc(C(F)(F)F)cn1. The van der Waals surface area contributed by atoms with Crippen molar-refractivity contribution >= 4 is 11.9 Å². The number of amides is 1. The molecule has 0 unspecified atom stereocenters. The number of nitrogens with one attached hydrogen (secondary N) is 1. The summed E-state index contributed by atoms with van der Waals surface area (Å²) in [5.41, 5.74) is -0.873. The van der Waals surface area contributed by atoms with Gasteiger partial charge in [0.25, 0.3) is 0 Å². The molecule has 1 aromatic heterocycles. The van der Waals surface area contributed by atoms with Crippen molar-refractivity contribution in [3.8, 4) is 0 Å². The molecule has 1 heterocycles. The van der Waals surface area contributed by atoms with Gasteiger partial charge in [-0.15, -0.1) is 0 Å². The van der Waals surface area contributed by atoms with Crippen LogP contribution in [-0.4, -0.2) is 17.7 Å². The second-order valence-electron chi connectivity index (χ2n) is 2.78. The number of ether oxygens (including phenoxy) is 1. The Morgan fingerprint density at radius 1 is 1.50 bits per heavy atom. The van der Waals surface area contributed by atoms with E-state index >= 15 is 0 Å². The summed E-state index contributed by atoms with van der Waals surface area (Å²) in [6.45, 7) is 1.78. The van der Waals surface area contributed by atoms with Crippen molar-refractivity contribution in [2.45, 2.75) is 13.1 Å². The van der Waals surface area contributed by atoms with Gasteiger partial charge in [-0.05, 0) is 19.1 Å². The lowest BCUT2D eigenvalue weighted by atomic mass is 10.3. The fourth-order valence-corrected chi connectivity index (χ4v) is 0.907. The zero-order chi connectivity index (χ0) is 12.2. The molecule has 0 aromatic carbocycles. The molecule has 1 N–H and O–H groups in total. The first kappa shape index (κ1) is 12.3. The van der Waals surface area contributed by atoms with E-state index < -0.39 is 17.8 Å². The van der Waals surface area contributed by atoms with Crippen LogP contribution in [0.25, 0.3) is 0 Å². The highest BCUT2D eigenvalue weighted by Crippen LogP contribution is 2.28. The lowest BCUT2D eigenvalue weighted by Crippen LogP contribution is -2.14. The predicted octanol–water partition coefficient (Wildman–Crippen LogP) is 2.67. The third-order valence-corrected chi connectivity index (χ3v) is 1.60. The molecule has 0 bridgehead atoms. The molecule has 7 heteroatoms. The van der Waals surface area contributed by atoms with Crippen LogP contribution < -0.4 is 5.32 Å². The van der Waals surface area contributed by atoms with Gasteiger partial charge in [0.2, 0.25) is 0 Å². The van der Waals surface area contributed by atoms with Gasteiger partial charge in [-0.1, -0.05) is 0 Å². The molecular formula is C9H9F3N2O2. The number of hydrogen-bond acceptors (Lipinski definition) is 3. The van der Waals surface area contributed by atoms with Crippen LogP contribution in [0.1, 0.15) is 12.5 Å². The Morgan fingerprint density at radius 3 is 2.62 bits per heavy atom. The maximum Gasteiger partial charge on any atom is 0.417 e. The molecule has 0 saturated carbocycles. The number of pyridine rings is 1. The van der Waals surface area contributed by atoms with Crippen molar-refractivity contribution in [1.82, 2.24) is 4.98 Å². The second kappa shape index (κ2) is 4.82. The average molecular weight is 234 g/mol. The number of alkyl halides is 3. The maximum atomic E-state index is 12.2. The van der Waals surface area contributed by atoms with E-state index in [0.717, 1.165) is 12.1 Å². The standard InChI is InChI=1S/C9H9F3N2O2/c1-2-16-8(15)14-7-4-3-6(5-13-7)9(10,11)12/h3-5H,2H2,1H3,(H,13,14,15). The number of carbonyl (C=O) groups is 1. The van der Waals surface area contributed by atoms with Gasteiger partial charge in [0.1, 0.15) is 5.82 Å². The Balaban J connectivity index is 2.69. The summed E-state index contributed by atoms with van der Waals surface area (Å²) in [5.74, 6) is 0.00597. The molecule has 0 aliphatic heterocycles. The van der Waals surface area contributed by atoms with Crippen molar-refractivity contribution in [2.75, 3.05) is 11.9 Å². The first-order chi connectivity index (χ1) is 7.43. The molecule has 1 aromatic rings. The van der Waals surface area contributed by atoms with Crippen molar-refractivity contribution in [2.24, 2.45) is 0 Å². The molecule has 0 spiro atoms. The van der Waals surface area contributed by atoms with E-state index in [4.69, 9.17) is 0 Å². The minimum absolute atomic E-state index is 0.00597. The van der Waals surface area contributed by atoms with E-state index in [1.54, 1.807) is 6.92 Å². The summed E-state index contributed by atoms with van der Waals surface area (Å²) >= 11 is 0. The molecule has 0 fully saturated rings. The van der Waals surface area contributed by atoms with Crippen molar-refractivity contribution in [3.05, 3.63) is 23.9 Å². The Morgan fingerprint density at radius 2 is 2.19 bits per heavy atom. The first-order valence-electron chi connectivity index (χ1n) is 4.40. The van der Waals surface area contributed by atoms with Gasteiger partial charge in [-0.2, -0.15) is 13.2 Å². The van der Waals surface area contributed by atoms with E-state index in [1.807, 2.05) is 0 Å². The lowest BCUT2D eigenvalue weighted by molar-refractivity contribution is -0.137. The van der Waals surface area contributed by atoms with E-state index in [2.05, 4.69) is 15.0 Å². The minimum Gasteiger partial charge on any atom is -0.450 e. The molecule has 88 valence electrons. The third kappa shape index (κ3) is 3.41. The van der Waals surface area contributed by atoms with Gasteiger partial charge in [-0.25, -0.2) is 9.78 Å². The quantitative estimate of drug-likeness (QED) is 0.855. The Hall–Kier alpha value is -1.79. The van der Waals surface area contributed by atoms with E-state index in [1.165, 1.54) is 0 Å². The van der Waals surface area contributed by atoms with Crippen LogP contribution in [0.4, 0.5) is 23.8 Å². The highest BCUT2D eigenvalue weighted by atomic mass is 19.4. The van der Waals surface area contributed by atoms with Crippen LogP contribution in [0.3, 0.4) is 0 Å². The van der Waals surface area contributed by atoms with Gasteiger partial charge >= 0.3 is 12.3 Å². The van der Waals surface area contributed by atoms with Crippen LogP contribution in [0.15, 0.2) is 18.3 Å². The molecule has 4 nitrogen and oxygen atoms in total. The summed E-state index contributed by atoms with van der Waals surface area (Å²) in [7, 11) is 0. The van der Waals surface area contributed by atoms with Crippen LogP contribution in [0.5, 0.6) is 0 Å². The Labute approximate surface area is 89.4 Å². The molecule has 0 radical (unpaired) electrons. The molecule has 0 atom stereocenters. The lowest BCUT2D eigenvalue weighted by Gasteiger charge is -2.07. The summed E-state index contributed by atoms with van der Waals surface area (Å²) in [6.07, 6.45) is -4.55. The van der Waals surface area contributed by atoms with Crippen LogP contribution in [-0.2, 0) is 10.9 Å². The Bertz CT molecular complexity index is 362. The fourth-order valence-electron chi connectivity index (χ4n) is 0.907. The summed E-state index contributed by atoms with van der Waals surface area (Å²) < 4.78 is 41.0. The van der Waals surface area contributed by atoms with Crippen molar-refractivity contribution in [1.29, 1.82) is 0 Å². The van der Waals surface area contributed by atoms with Crippen LogP contribution in [0, 0.1) is 0 Å². The highest BCUT2D eigenvalue weighted by molar-refractivity contribution is 5.83. The Kier molecular flexibility index (Phi) is 3.70. The molecule has 0 aliphatic rings. The minimum atomic E-state index is -4.44.